The summed E-state index contributed by atoms with van der Waals surface area (Å²) >= 11 is 5.92. The van der Waals surface area contributed by atoms with Crippen LogP contribution in [-0.2, 0) is 6.42 Å². The quantitative estimate of drug-likeness (QED) is 0.739. The van der Waals surface area contributed by atoms with Gasteiger partial charge in [0.2, 0.25) is 0 Å². The van der Waals surface area contributed by atoms with E-state index in [2.05, 4.69) is 0 Å². The van der Waals surface area contributed by atoms with Crippen molar-refractivity contribution in [2.75, 3.05) is 6.61 Å². The molecule has 13 heavy (non-hydrogen) atoms. The summed E-state index contributed by atoms with van der Waals surface area (Å²) in [5, 5.41) is 9.64. The standard InChI is InChI=1S/C10H10ClFO/c11-8-3-4-9(12)10-6(5-13)1-2-7(8)10/h3-4,6,13H,1-2,5H2. The lowest BCUT2D eigenvalue weighted by Crippen LogP contribution is -2.01. The van der Waals surface area contributed by atoms with Crippen LogP contribution in [0.2, 0.25) is 5.02 Å². The van der Waals surface area contributed by atoms with Crippen LogP contribution in [0.1, 0.15) is 23.5 Å². The Balaban J connectivity index is 2.55. The summed E-state index contributed by atoms with van der Waals surface area (Å²) in [6, 6.07) is 2.95. The second-order valence-electron chi connectivity index (χ2n) is 3.34. The maximum Gasteiger partial charge on any atom is 0.127 e. The summed E-state index contributed by atoms with van der Waals surface area (Å²) in [5.74, 6) is -0.301. The SMILES string of the molecule is OCC1CCc2c(Cl)ccc(F)c21. The average Bonchev–Trinajstić information content (AvgIpc) is 2.56. The molecule has 0 aromatic heterocycles. The highest BCUT2D eigenvalue weighted by molar-refractivity contribution is 6.31. The number of hydrogen-bond acceptors (Lipinski definition) is 1. The van der Waals surface area contributed by atoms with E-state index in [1.807, 2.05) is 0 Å². The fraction of sp³-hybridized carbons (Fsp3) is 0.400. The van der Waals surface area contributed by atoms with Crippen molar-refractivity contribution in [2.45, 2.75) is 18.8 Å². The molecule has 3 heteroatoms. The lowest BCUT2D eigenvalue weighted by atomic mass is 10.0. The highest BCUT2D eigenvalue weighted by Gasteiger charge is 2.26. The zero-order valence-corrected chi connectivity index (χ0v) is 7.81. The molecule has 0 amide bonds. The van der Waals surface area contributed by atoms with Crippen LogP contribution in [0.25, 0.3) is 0 Å². The molecule has 1 nitrogen and oxygen atoms in total. The van der Waals surface area contributed by atoms with Gasteiger partial charge in [-0.15, -0.1) is 0 Å². The van der Waals surface area contributed by atoms with E-state index in [0.29, 0.717) is 10.6 Å². The minimum absolute atomic E-state index is 0.00423. The van der Waals surface area contributed by atoms with Gasteiger partial charge in [-0.2, -0.15) is 0 Å². The zero-order chi connectivity index (χ0) is 9.42. The van der Waals surface area contributed by atoms with Gasteiger partial charge < -0.3 is 5.11 Å². The topological polar surface area (TPSA) is 20.2 Å². The second kappa shape index (κ2) is 3.28. The molecule has 0 saturated heterocycles. The highest BCUT2D eigenvalue weighted by Crippen LogP contribution is 2.38. The predicted octanol–water partition coefficient (Wildman–Crippen LogP) is 2.50. The minimum atomic E-state index is -0.240. The molecule has 0 fully saturated rings. The average molecular weight is 201 g/mol. The van der Waals surface area contributed by atoms with Crippen molar-refractivity contribution in [2.24, 2.45) is 0 Å². The lowest BCUT2D eigenvalue weighted by Gasteiger charge is -2.08. The number of rotatable bonds is 1. The molecule has 0 spiro atoms. The van der Waals surface area contributed by atoms with E-state index in [9.17, 15) is 4.39 Å². The van der Waals surface area contributed by atoms with E-state index in [1.165, 1.54) is 6.07 Å². The molecular formula is C10H10ClFO. The largest absolute Gasteiger partial charge is 0.396 e. The van der Waals surface area contributed by atoms with Gasteiger partial charge in [0.1, 0.15) is 5.82 Å². The van der Waals surface area contributed by atoms with Crippen LogP contribution < -0.4 is 0 Å². The van der Waals surface area contributed by atoms with Crippen LogP contribution in [0.5, 0.6) is 0 Å². The van der Waals surface area contributed by atoms with Gasteiger partial charge in [-0.25, -0.2) is 4.39 Å². The third-order valence-corrected chi connectivity index (χ3v) is 2.97. The molecule has 0 bridgehead atoms. The number of aliphatic hydroxyl groups is 1. The number of aliphatic hydroxyl groups excluding tert-OH is 1. The predicted molar refractivity (Wildman–Crippen MR) is 49.6 cm³/mol. The molecule has 1 aromatic rings. The molecule has 1 atom stereocenters. The summed E-state index contributed by atoms with van der Waals surface area (Å²) in [5.41, 5.74) is 1.50. The third kappa shape index (κ3) is 1.34. The van der Waals surface area contributed by atoms with Gasteiger partial charge in [0, 0.05) is 10.9 Å². The smallest absolute Gasteiger partial charge is 0.127 e. The van der Waals surface area contributed by atoms with Crippen molar-refractivity contribution in [3.8, 4) is 0 Å². The molecule has 1 unspecified atom stereocenters. The Bertz CT molecular complexity index is 338. The van der Waals surface area contributed by atoms with Gasteiger partial charge in [-0.05, 0) is 36.1 Å². The first-order chi connectivity index (χ1) is 6.24. The van der Waals surface area contributed by atoms with Crippen LogP contribution >= 0.6 is 11.6 Å². The van der Waals surface area contributed by atoms with Gasteiger partial charge in [0.05, 0.1) is 6.61 Å². The van der Waals surface area contributed by atoms with E-state index >= 15 is 0 Å². The summed E-state index contributed by atoms with van der Waals surface area (Å²) in [4.78, 5) is 0. The normalized spacial score (nSPS) is 20.4. The Morgan fingerprint density at radius 1 is 1.54 bits per heavy atom. The van der Waals surface area contributed by atoms with Gasteiger partial charge in [-0.1, -0.05) is 11.6 Å². The third-order valence-electron chi connectivity index (χ3n) is 2.62. The molecule has 0 saturated carbocycles. The fourth-order valence-electron chi connectivity index (χ4n) is 1.95. The van der Waals surface area contributed by atoms with Crippen molar-refractivity contribution in [3.05, 3.63) is 34.1 Å². The Kier molecular flexibility index (Phi) is 2.26. The Hall–Kier alpha value is -0.600. The first-order valence-electron chi connectivity index (χ1n) is 4.31. The Morgan fingerprint density at radius 2 is 2.31 bits per heavy atom. The zero-order valence-electron chi connectivity index (χ0n) is 7.06. The lowest BCUT2D eigenvalue weighted by molar-refractivity contribution is 0.262. The minimum Gasteiger partial charge on any atom is -0.396 e. The molecule has 2 rings (SSSR count). The maximum absolute atomic E-state index is 13.3. The maximum atomic E-state index is 13.3. The van der Waals surface area contributed by atoms with Gasteiger partial charge in [0.25, 0.3) is 0 Å². The van der Waals surface area contributed by atoms with E-state index in [0.717, 1.165) is 18.4 Å². The van der Waals surface area contributed by atoms with E-state index in [-0.39, 0.29) is 18.3 Å². The molecule has 1 aliphatic rings. The van der Waals surface area contributed by atoms with Crippen molar-refractivity contribution in [3.63, 3.8) is 0 Å². The highest BCUT2D eigenvalue weighted by atomic mass is 35.5. The first kappa shape index (κ1) is 8.97. The van der Waals surface area contributed by atoms with Crippen LogP contribution in [0.3, 0.4) is 0 Å². The molecule has 0 heterocycles. The molecule has 0 aliphatic heterocycles. The molecule has 70 valence electrons. The van der Waals surface area contributed by atoms with Crippen LogP contribution in [-0.4, -0.2) is 11.7 Å². The van der Waals surface area contributed by atoms with Gasteiger partial charge >= 0.3 is 0 Å². The monoisotopic (exact) mass is 200 g/mol. The molecular weight excluding hydrogens is 191 g/mol. The number of fused-ring (bicyclic) bond motifs is 1. The number of halogens is 2. The molecule has 0 radical (unpaired) electrons. The summed E-state index contributed by atoms with van der Waals surface area (Å²) in [7, 11) is 0. The van der Waals surface area contributed by atoms with Crippen LogP contribution in [0, 0.1) is 5.82 Å². The van der Waals surface area contributed by atoms with Gasteiger partial charge in [-0.3, -0.25) is 0 Å². The van der Waals surface area contributed by atoms with Crippen LogP contribution in [0.4, 0.5) is 4.39 Å². The molecule has 1 N–H and O–H groups in total. The Morgan fingerprint density at radius 3 is 3.00 bits per heavy atom. The van der Waals surface area contributed by atoms with Crippen LogP contribution in [0.15, 0.2) is 12.1 Å². The number of hydrogen-bond donors (Lipinski definition) is 1. The molecule has 1 aromatic carbocycles. The van der Waals surface area contributed by atoms with Crippen molar-refractivity contribution >= 4 is 11.6 Å². The fourth-order valence-corrected chi connectivity index (χ4v) is 2.21. The van der Waals surface area contributed by atoms with E-state index < -0.39 is 0 Å². The first-order valence-corrected chi connectivity index (χ1v) is 4.69. The Labute approximate surface area is 81.1 Å². The van der Waals surface area contributed by atoms with E-state index in [4.69, 9.17) is 16.7 Å². The van der Waals surface area contributed by atoms with Crippen molar-refractivity contribution in [1.29, 1.82) is 0 Å². The number of benzene rings is 1. The summed E-state index contributed by atoms with van der Waals surface area (Å²) < 4.78 is 13.3. The van der Waals surface area contributed by atoms with E-state index in [1.54, 1.807) is 6.07 Å². The van der Waals surface area contributed by atoms with Crippen molar-refractivity contribution < 1.29 is 9.50 Å². The van der Waals surface area contributed by atoms with Crippen molar-refractivity contribution in [1.82, 2.24) is 0 Å². The molecule has 1 aliphatic carbocycles. The van der Waals surface area contributed by atoms with Gasteiger partial charge in [0.15, 0.2) is 0 Å². The summed E-state index contributed by atoms with van der Waals surface area (Å²) in [6.45, 7) is 0.00423. The summed E-state index contributed by atoms with van der Waals surface area (Å²) in [6.07, 6.45) is 1.57. The second-order valence-corrected chi connectivity index (χ2v) is 3.75.